The van der Waals surface area contributed by atoms with Crippen molar-refractivity contribution in [2.75, 3.05) is 11.9 Å². The fourth-order valence-corrected chi connectivity index (χ4v) is 3.41. The summed E-state index contributed by atoms with van der Waals surface area (Å²) in [5, 5.41) is 7.40. The van der Waals surface area contributed by atoms with E-state index >= 15 is 0 Å². The van der Waals surface area contributed by atoms with Crippen molar-refractivity contribution < 1.29 is 9.53 Å². The second-order valence-corrected chi connectivity index (χ2v) is 7.29. The van der Waals surface area contributed by atoms with E-state index < -0.39 is 0 Å². The molecule has 0 aliphatic rings. The van der Waals surface area contributed by atoms with Crippen molar-refractivity contribution in [1.29, 1.82) is 0 Å². The van der Waals surface area contributed by atoms with Crippen molar-refractivity contribution in [3.63, 3.8) is 0 Å². The van der Waals surface area contributed by atoms with Gasteiger partial charge in [0.25, 0.3) is 0 Å². The number of amides is 1. The molecule has 9 heteroatoms. The van der Waals surface area contributed by atoms with Crippen LogP contribution in [-0.2, 0) is 17.8 Å². The number of ether oxygens (including phenoxy) is 1. The summed E-state index contributed by atoms with van der Waals surface area (Å²) in [5.74, 6) is 0.995. The van der Waals surface area contributed by atoms with Crippen molar-refractivity contribution in [2.24, 2.45) is 0 Å². The van der Waals surface area contributed by atoms with Gasteiger partial charge < -0.3 is 20.4 Å². The Morgan fingerprint density at radius 3 is 2.91 bits per heavy atom. The van der Waals surface area contributed by atoms with Gasteiger partial charge in [0.15, 0.2) is 0 Å². The number of nitrogens with zero attached hydrogens (tertiary/aromatic N) is 3. The topological polar surface area (TPSA) is 105 Å². The van der Waals surface area contributed by atoms with Crippen molar-refractivity contribution in [2.45, 2.75) is 13.0 Å². The van der Waals surface area contributed by atoms with E-state index in [0.29, 0.717) is 41.8 Å². The molecule has 0 spiro atoms. The zero-order valence-electron chi connectivity index (χ0n) is 17.1. The van der Waals surface area contributed by atoms with E-state index in [1.807, 2.05) is 30.5 Å². The minimum atomic E-state index is -0.209. The van der Waals surface area contributed by atoms with E-state index in [9.17, 15) is 4.79 Å². The van der Waals surface area contributed by atoms with Gasteiger partial charge in [-0.15, -0.1) is 0 Å². The first-order chi connectivity index (χ1) is 15.6. The van der Waals surface area contributed by atoms with Crippen molar-refractivity contribution in [3.05, 3.63) is 84.1 Å². The van der Waals surface area contributed by atoms with Gasteiger partial charge in [0.1, 0.15) is 30.1 Å². The molecule has 1 amide bonds. The van der Waals surface area contributed by atoms with Gasteiger partial charge in [0.05, 0.1) is 16.1 Å². The molecule has 8 nitrogen and oxygen atoms in total. The smallest absolute Gasteiger partial charge is 0.243 e. The van der Waals surface area contributed by atoms with Gasteiger partial charge in [-0.1, -0.05) is 24.2 Å². The number of rotatable bonds is 9. The van der Waals surface area contributed by atoms with Crippen LogP contribution in [0.4, 0.5) is 11.5 Å². The SMILES string of the molecule is C=CC(=O)NCCc1c[nH]c2ncnc(Nc3ccc(OCc4ccccn4)c(Cl)c3)c12. The number of anilines is 2. The first-order valence-electron chi connectivity index (χ1n) is 9.94. The van der Waals surface area contributed by atoms with E-state index in [-0.39, 0.29) is 5.91 Å². The minimum absolute atomic E-state index is 0.209. The maximum absolute atomic E-state index is 11.4. The number of carbonyl (C=O) groups excluding carboxylic acids is 1. The maximum atomic E-state index is 11.4. The summed E-state index contributed by atoms with van der Waals surface area (Å²) in [6.07, 6.45) is 6.93. The van der Waals surface area contributed by atoms with E-state index in [1.54, 1.807) is 18.3 Å². The third-order valence-corrected chi connectivity index (χ3v) is 5.02. The second-order valence-electron chi connectivity index (χ2n) is 6.88. The Balaban J connectivity index is 1.49. The molecule has 0 aliphatic heterocycles. The zero-order valence-corrected chi connectivity index (χ0v) is 17.9. The van der Waals surface area contributed by atoms with Crippen molar-refractivity contribution in [3.8, 4) is 5.75 Å². The van der Waals surface area contributed by atoms with Crippen LogP contribution in [0.15, 0.2) is 67.8 Å². The molecule has 4 rings (SSSR count). The number of hydrogen-bond acceptors (Lipinski definition) is 6. The Hall–Kier alpha value is -3.91. The normalized spacial score (nSPS) is 10.7. The molecule has 3 heterocycles. The number of H-pyrrole nitrogens is 1. The molecule has 0 fully saturated rings. The molecule has 1 aromatic carbocycles. The maximum Gasteiger partial charge on any atom is 0.243 e. The molecule has 162 valence electrons. The molecular weight excluding hydrogens is 428 g/mol. The molecule has 0 aliphatic carbocycles. The van der Waals surface area contributed by atoms with Gasteiger partial charge in [0.2, 0.25) is 5.91 Å². The molecule has 3 aromatic heterocycles. The summed E-state index contributed by atoms with van der Waals surface area (Å²) in [4.78, 5) is 27.5. The van der Waals surface area contributed by atoms with Crippen LogP contribution in [0.2, 0.25) is 5.02 Å². The van der Waals surface area contributed by atoms with Crippen LogP contribution in [0.5, 0.6) is 5.75 Å². The highest BCUT2D eigenvalue weighted by Crippen LogP contribution is 2.31. The lowest BCUT2D eigenvalue weighted by molar-refractivity contribution is -0.116. The van der Waals surface area contributed by atoms with E-state index in [2.05, 4.69) is 37.1 Å². The van der Waals surface area contributed by atoms with Crippen LogP contribution in [0.3, 0.4) is 0 Å². The van der Waals surface area contributed by atoms with Crippen LogP contribution in [0, 0.1) is 0 Å². The summed E-state index contributed by atoms with van der Waals surface area (Å²) in [6.45, 7) is 4.26. The molecule has 3 N–H and O–H groups in total. The summed E-state index contributed by atoms with van der Waals surface area (Å²) in [5.41, 5.74) is 3.26. The first-order valence-corrected chi connectivity index (χ1v) is 10.3. The third kappa shape index (κ3) is 5.04. The second kappa shape index (κ2) is 9.93. The number of hydrogen-bond donors (Lipinski definition) is 3. The van der Waals surface area contributed by atoms with Gasteiger partial charge >= 0.3 is 0 Å². The van der Waals surface area contributed by atoms with Gasteiger partial charge in [0, 0.05) is 24.6 Å². The Morgan fingerprint density at radius 1 is 1.22 bits per heavy atom. The Morgan fingerprint density at radius 2 is 2.12 bits per heavy atom. The molecule has 0 unspecified atom stereocenters. The molecule has 0 bridgehead atoms. The summed E-state index contributed by atoms with van der Waals surface area (Å²) < 4.78 is 5.78. The molecular formula is C23H21ClN6O2. The largest absolute Gasteiger partial charge is 0.486 e. The van der Waals surface area contributed by atoms with Gasteiger partial charge in [-0.3, -0.25) is 9.78 Å². The highest BCUT2D eigenvalue weighted by molar-refractivity contribution is 6.32. The predicted octanol–water partition coefficient (Wildman–Crippen LogP) is 4.17. The molecule has 0 saturated carbocycles. The Kier molecular flexibility index (Phi) is 6.62. The molecule has 0 saturated heterocycles. The number of aromatic amines is 1. The van der Waals surface area contributed by atoms with Crippen LogP contribution in [-0.4, -0.2) is 32.4 Å². The molecule has 0 atom stereocenters. The van der Waals surface area contributed by atoms with Crippen LogP contribution >= 0.6 is 11.6 Å². The Bertz CT molecular complexity index is 1240. The van der Waals surface area contributed by atoms with Gasteiger partial charge in [-0.25, -0.2) is 9.97 Å². The number of fused-ring (bicyclic) bond motifs is 1. The number of benzene rings is 1. The predicted molar refractivity (Wildman–Crippen MR) is 124 cm³/mol. The Labute approximate surface area is 189 Å². The third-order valence-electron chi connectivity index (χ3n) is 4.73. The fraction of sp³-hybridized carbons (Fsp3) is 0.130. The average Bonchev–Trinajstić information content (AvgIpc) is 3.23. The summed E-state index contributed by atoms with van der Waals surface area (Å²) >= 11 is 6.43. The number of pyridine rings is 1. The quantitative estimate of drug-likeness (QED) is 0.332. The monoisotopic (exact) mass is 448 g/mol. The minimum Gasteiger partial charge on any atom is -0.486 e. The standard InChI is InChI=1S/C23H21ClN6O2/c1-2-20(31)26-10-8-15-12-27-22-21(15)23(29-14-28-22)30-16-6-7-19(18(24)11-16)32-13-17-5-3-4-9-25-17/h2-7,9,11-12,14H,1,8,10,13H2,(H,26,31)(H2,27,28,29,30). The van der Waals surface area contributed by atoms with E-state index in [4.69, 9.17) is 16.3 Å². The van der Waals surface area contributed by atoms with Gasteiger partial charge in [-0.05, 0) is 48.4 Å². The zero-order chi connectivity index (χ0) is 22.3. The lowest BCUT2D eigenvalue weighted by atomic mass is 10.1. The first kappa shape index (κ1) is 21.3. The van der Waals surface area contributed by atoms with Crippen LogP contribution in [0.1, 0.15) is 11.3 Å². The number of aromatic nitrogens is 4. The number of halogens is 1. The van der Waals surface area contributed by atoms with Crippen molar-refractivity contribution >= 4 is 40.0 Å². The highest BCUT2D eigenvalue weighted by atomic mass is 35.5. The summed E-state index contributed by atoms with van der Waals surface area (Å²) in [7, 11) is 0. The average molecular weight is 449 g/mol. The molecule has 32 heavy (non-hydrogen) atoms. The fourth-order valence-electron chi connectivity index (χ4n) is 3.18. The number of nitrogens with one attached hydrogen (secondary N) is 3. The van der Waals surface area contributed by atoms with Crippen LogP contribution in [0.25, 0.3) is 11.0 Å². The molecule has 4 aromatic rings. The van der Waals surface area contributed by atoms with Gasteiger partial charge in [-0.2, -0.15) is 0 Å². The summed E-state index contributed by atoms with van der Waals surface area (Å²) in [6, 6.07) is 11.1. The van der Waals surface area contributed by atoms with E-state index in [0.717, 1.165) is 22.3 Å². The highest BCUT2D eigenvalue weighted by Gasteiger charge is 2.12. The lowest BCUT2D eigenvalue weighted by Crippen LogP contribution is -2.23. The van der Waals surface area contributed by atoms with Crippen molar-refractivity contribution in [1.82, 2.24) is 25.3 Å². The van der Waals surface area contributed by atoms with Crippen LogP contribution < -0.4 is 15.4 Å². The lowest BCUT2D eigenvalue weighted by Gasteiger charge is -2.11. The number of carbonyl (C=O) groups is 1. The van der Waals surface area contributed by atoms with E-state index in [1.165, 1.54) is 12.4 Å². The molecule has 0 radical (unpaired) electrons.